The van der Waals surface area contributed by atoms with E-state index in [9.17, 15) is 20.6 Å². The fourth-order valence-corrected chi connectivity index (χ4v) is 22.1. The van der Waals surface area contributed by atoms with Crippen LogP contribution >= 0.6 is 0 Å². The Kier molecular flexibility index (Phi) is 16.7. The molecule has 0 aliphatic carbocycles. The summed E-state index contributed by atoms with van der Waals surface area (Å²) in [5, 5.41) is 5.51. The minimum atomic E-state index is -0.941. The van der Waals surface area contributed by atoms with E-state index in [0.717, 1.165) is 155 Å². The number of hydrogen-bond acceptors (Lipinski definition) is 2. The molecule has 23 rings (SSSR count). The third-order valence-corrected chi connectivity index (χ3v) is 29.9. The van der Waals surface area contributed by atoms with Crippen LogP contribution in [0.2, 0.25) is 0 Å². The Morgan fingerprint density at radius 3 is 0.943 bits per heavy atom. The summed E-state index contributed by atoms with van der Waals surface area (Å²) < 4.78 is 158. The maximum absolute atomic E-state index is 10.8. The van der Waals surface area contributed by atoms with E-state index >= 15 is 0 Å². The monoisotopic (exact) mass is 1830 g/mol. The van der Waals surface area contributed by atoms with Gasteiger partial charge in [0.15, 0.2) is 0 Å². The maximum Gasteiger partial charge on any atom is 0.252 e. The van der Waals surface area contributed by atoms with Crippen LogP contribution in [0.1, 0.15) is 231 Å². The molecule has 0 saturated heterocycles. The number of para-hydroxylation sites is 4. The van der Waals surface area contributed by atoms with E-state index in [1.807, 2.05) is 46.9 Å². The second-order valence-corrected chi connectivity index (χ2v) is 47.5. The topological polar surface area (TPSA) is 20.8 Å². The molecular weight excluding hydrogens is 1690 g/mol. The standard InChI is InChI=1S/C134H128BN5/c1-127(2,3)85-44-35-40-81(66-85)106-70-91(133(19,20)21)71-107(82-41-36-45-86(67-82)128(4,5)6)125(106)139-119-76-93(136-113-57-32-29-52-99(113)100-53-30-33-58-114(100)136)62-65-111(119)135-112-79-110-98-51-28-26-49-96(98)95-48-25-27-50-97(95)104-55-39-56-105-101-54-31-34-59-115(101)138(124(104)105)118(110)80-120(112)140(122-78-94(77-121(139)123(122)135)137-116-74-89(131(13,14)15)60-63-102(116)103-64-61-90(75-117(103)137)132(16,17)18)126-108(83-42-37-46-87(68-83)129(7,8)9)72-92(134(22,23)24)73-109(126)84-43-38-47-88(69-84)130(10,11)12/h25-80H,1-24H3/i29D,30D,31D,32D,33D,34D,39D,52D,53D,54D,55D,56D,57D,58D,59D. The van der Waals surface area contributed by atoms with Crippen molar-refractivity contribution in [2.24, 2.45) is 0 Å². The molecule has 6 heteroatoms. The fraction of sp³-hybridized carbons (Fsp3) is 0.239. The zero-order chi connectivity index (χ0) is 111. The van der Waals surface area contributed by atoms with Gasteiger partial charge in [-0.05, 0) is 233 Å². The van der Waals surface area contributed by atoms with Gasteiger partial charge in [0, 0.05) is 93.8 Å². The van der Waals surface area contributed by atoms with Crippen LogP contribution in [0.25, 0.3) is 159 Å². The molecule has 4 aromatic heterocycles. The van der Waals surface area contributed by atoms with Crippen LogP contribution in [0.5, 0.6) is 0 Å². The summed E-state index contributed by atoms with van der Waals surface area (Å²) in [7, 11) is 0. The molecule has 0 saturated carbocycles. The molecule has 0 radical (unpaired) electrons. The molecule has 5 nitrogen and oxygen atoms in total. The van der Waals surface area contributed by atoms with E-state index in [0.29, 0.717) is 49.8 Å². The first-order valence-corrected chi connectivity index (χ1v) is 49.5. The minimum absolute atomic E-state index is 0.0171. The lowest BCUT2D eigenvalue weighted by Gasteiger charge is -2.46. The second-order valence-electron chi connectivity index (χ2n) is 47.5. The second kappa shape index (κ2) is 31.7. The van der Waals surface area contributed by atoms with E-state index in [-0.39, 0.29) is 93.6 Å². The van der Waals surface area contributed by atoms with Gasteiger partial charge in [-0.2, -0.15) is 0 Å². The van der Waals surface area contributed by atoms with Crippen molar-refractivity contribution in [3.8, 4) is 55.9 Å². The zero-order valence-corrected chi connectivity index (χ0v) is 85.0. The van der Waals surface area contributed by atoms with Crippen LogP contribution in [0.3, 0.4) is 0 Å². The molecule has 0 N–H and O–H groups in total. The Bertz CT molecular complexity index is 9520. The van der Waals surface area contributed by atoms with E-state index < -0.39 is 96.1 Å². The maximum atomic E-state index is 10.8. The van der Waals surface area contributed by atoms with Gasteiger partial charge in [0.25, 0.3) is 6.71 Å². The number of aromatic nitrogens is 3. The van der Waals surface area contributed by atoms with Crippen LogP contribution in [-0.2, 0) is 43.3 Å². The third kappa shape index (κ3) is 14.6. The molecule has 6 heterocycles. The highest BCUT2D eigenvalue weighted by Gasteiger charge is 2.48. The van der Waals surface area contributed by atoms with Gasteiger partial charge in [0.1, 0.15) is 0 Å². The molecule has 0 unspecified atom stereocenters. The average molecular weight is 1830 g/mol. The Morgan fingerprint density at radius 1 is 0.214 bits per heavy atom. The molecule has 2 aliphatic heterocycles. The van der Waals surface area contributed by atoms with Crippen molar-refractivity contribution in [3.05, 3.63) is 384 Å². The average Bonchev–Trinajstić information content (AvgIpc) is 1.45. The highest BCUT2D eigenvalue weighted by Crippen LogP contribution is 2.58. The summed E-state index contributed by atoms with van der Waals surface area (Å²) in [6, 6.07) is 83.9. The molecule has 140 heavy (non-hydrogen) atoms. The van der Waals surface area contributed by atoms with Gasteiger partial charge in [-0.25, -0.2) is 0 Å². The summed E-state index contributed by atoms with van der Waals surface area (Å²) in [6.45, 7) is 53.3. The van der Waals surface area contributed by atoms with E-state index in [4.69, 9.17) is 0 Å². The van der Waals surface area contributed by atoms with Crippen LogP contribution in [0.15, 0.2) is 339 Å². The molecule has 21 aromatic rings. The van der Waals surface area contributed by atoms with Gasteiger partial charge < -0.3 is 23.3 Å². The normalized spacial score (nSPS) is 15.0. The van der Waals surface area contributed by atoms with Gasteiger partial charge in [-0.15, -0.1) is 0 Å². The highest BCUT2D eigenvalue weighted by molar-refractivity contribution is 7.00. The first-order valence-electron chi connectivity index (χ1n) is 57.0. The van der Waals surface area contributed by atoms with Gasteiger partial charge >= 0.3 is 0 Å². The van der Waals surface area contributed by atoms with Crippen LogP contribution in [0.4, 0.5) is 34.1 Å². The molecule has 0 bridgehead atoms. The van der Waals surface area contributed by atoms with Crippen molar-refractivity contribution in [2.75, 3.05) is 9.80 Å². The van der Waals surface area contributed by atoms with Crippen LogP contribution in [-0.4, -0.2) is 20.2 Å². The lowest BCUT2D eigenvalue weighted by Crippen LogP contribution is -2.61. The van der Waals surface area contributed by atoms with Gasteiger partial charge in [-0.3, -0.25) is 0 Å². The van der Waals surface area contributed by atoms with Crippen molar-refractivity contribution < 1.29 is 20.6 Å². The predicted octanol–water partition coefficient (Wildman–Crippen LogP) is 35.6. The zero-order valence-electron chi connectivity index (χ0n) is 100.0. The lowest BCUT2D eigenvalue weighted by molar-refractivity contribution is 0.589. The van der Waals surface area contributed by atoms with E-state index in [2.05, 4.69) is 387 Å². The van der Waals surface area contributed by atoms with E-state index in [1.165, 1.54) is 0 Å². The SMILES string of the molecule is [2H]c1c([2H])c([2H])c2c(c1[2H])c1c([2H])c([2H])c([2H])c([2H])c1n2-c1ccc2c(c1)N(c1c(-c3cccc(C(C)(C)C)c3)cc(C(C)(C)C)cc1-c1cccc(C(C)(C)C)c1)c1cc(-n3c4cc(C(C)(C)C)ccc4c4ccc(C(C)(C)C)cc43)cc3c1B2c1cc2c4ccccc4c4ccccc4c4c([2H])c([2H])c([2H])c5c6c([2H])c([2H])c([2H])c([2H])c6n(c2cc1N3c1c(-c2cccc(C(C)(C)C)c2)cc(C(C)(C)C)cc1-c1cccc(C(C)(C)C)c1)c45. The molecule has 0 fully saturated rings. The first-order chi connectivity index (χ1) is 72.7. The molecule has 2 aliphatic rings. The van der Waals surface area contributed by atoms with Gasteiger partial charge in [0.05, 0.1) is 76.2 Å². The molecule has 0 amide bonds. The Balaban J connectivity index is 1.06. The number of hydrogen-bond donors (Lipinski definition) is 0. The smallest absolute Gasteiger partial charge is 0.252 e. The molecular formula is C134H128BN5. The van der Waals surface area contributed by atoms with Crippen molar-refractivity contribution in [3.63, 3.8) is 0 Å². The summed E-state index contributed by atoms with van der Waals surface area (Å²) in [5.41, 5.74) is 22.4. The van der Waals surface area contributed by atoms with Crippen molar-refractivity contribution in [2.45, 2.75) is 209 Å². The van der Waals surface area contributed by atoms with Gasteiger partial charge in [0.2, 0.25) is 0 Å². The molecule has 692 valence electrons. The Labute approximate surface area is 848 Å². The Hall–Kier alpha value is -14.2. The Morgan fingerprint density at radius 2 is 0.543 bits per heavy atom. The molecule has 17 aromatic carbocycles. The third-order valence-electron chi connectivity index (χ3n) is 29.9. The van der Waals surface area contributed by atoms with Gasteiger partial charge in [-0.1, -0.05) is 421 Å². The van der Waals surface area contributed by atoms with E-state index in [1.54, 1.807) is 4.57 Å². The highest BCUT2D eigenvalue weighted by atomic mass is 15.2. The first kappa shape index (κ1) is 73.9. The van der Waals surface area contributed by atoms with Crippen molar-refractivity contribution in [1.29, 1.82) is 0 Å². The summed E-state index contributed by atoms with van der Waals surface area (Å²) in [5.74, 6) is 0. The summed E-state index contributed by atoms with van der Waals surface area (Å²) in [4.78, 5) is 5.01. The quantitative estimate of drug-likeness (QED) is 0.141. The number of nitrogens with zero attached hydrogens (tertiary/aromatic N) is 5. The lowest BCUT2D eigenvalue weighted by atomic mass is 9.33. The predicted molar refractivity (Wildman–Crippen MR) is 608 cm³/mol. The van der Waals surface area contributed by atoms with Crippen LogP contribution < -0.4 is 26.2 Å². The van der Waals surface area contributed by atoms with Crippen LogP contribution in [0, 0.1) is 0 Å². The fourth-order valence-electron chi connectivity index (χ4n) is 22.1. The van der Waals surface area contributed by atoms with Crippen molar-refractivity contribution in [1.82, 2.24) is 13.5 Å². The number of fused-ring (bicyclic) bond motifs is 20. The minimum Gasteiger partial charge on any atom is -0.310 e. The molecule has 0 atom stereocenters. The molecule has 0 spiro atoms. The number of rotatable bonds is 8. The largest absolute Gasteiger partial charge is 0.310 e. The van der Waals surface area contributed by atoms with Crippen molar-refractivity contribution >= 4 is 160 Å². The number of benzene rings is 17. The summed E-state index contributed by atoms with van der Waals surface area (Å²) >= 11 is 0. The summed E-state index contributed by atoms with van der Waals surface area (Å²) in [6.07, 6.45) is 0. The number of anilines is 6.